The maximum absolute atomic E-state index is 6.16. The SMILES string of the molecule is CC1=c2[nH]c3ccccc3c2=CNC1(C)N. The van der Waals surface area contributed by atoms with E-state index in [-0.39, 0.29) is 0 Å². The van der Waals surface area contributed by atoms with Crippen LogP contribution in [0.15, 0.2) is 24.3 Å². The Morgan fingerprint density at radius 1 is 1.25 bits per heavy atom. The Kier molecular flexibility index (Phi) is 1.71. The molecule has 0 aliphatic carbocycles. The van der Waals surface area contributed by atoms with Crippen LogP contribution in [0.3, 0.4) is 0 Å². The topological polar surface area (TPSA) is 53.8 Å². The number of H-pyrrole nitrogens is 1. The van der Waals surface area contributed by atoms with Crippen LogP contribution in [0.1, 0.15) is 13.8 Å². The fourth-order valence-corrected chi connectivity index (χ4v) is 2.20. The van der Waals surface area contributed by atoms with Gasteiger partial charge in [0.15, 0.2) is 0 Å². The van der Waals surface area contributed by atoms with Crippen molar-refractivity contribution in [2.75, 3.05) is 0 Å². The lowest BCUT2D eigenvalue weighted by Gasteiger charge is -2.28. The third-order valence-corrected chi connectivity index (χ3v) is 3.42. The van der Waals surface area contributed by atoms with E-state index in [2.05, 4.69) is 35.4 Å². The third kappa shape index (κ3) is 1.12. The summed E-state index contributed by atoms with van der Waals surface area (Å²) in [5.41, 5.74) is 7.99. The van der Waals surface area contributed by atoms with Crippen LogP contribution in [-0.2, 0) is 0 Å². The molecule has 0 saturated carbocycles. The highest BCUT2D eigenvalue weighted by molar-refractivity contribution is 5.82. The zero-order chi connectivity index (χ0) is 11.3. The summed E-state index contributed by atoms with van der Waals surface area (Å²) >= 11 is 0. The summed E-state index contributed by atoms with van der Waals surface area (Å²) in [6.45, 7) is 4.04. The molecule has 2 aromatic rings. The van der Waals surface area contributed by atoms with Crippen LogP contribution >= 0.6 is 0 Å². The van der Waals surface area contributed by atoms with E-state index in [4.69, 9.17) is 5.73 Å². The molecule has 16 heavy (non-hydrogen) atoms. The van der Waals surface area contributed by atoms with Crippen LogP contribution in [0.25, 0.3) is 22.7 Å². The van der Waals surface area contributed by atoms with E-state index < -0.39 is 5.66 Å². The minimum absolute atomic E-state index is 0.464. The van der Waals surface area contributed by atoms with Gasteiger partial charge in [-0.1, -0.05) is 18.2 Å². The van der Waals surface area contributed by atoms with Gasteiger partial charge in [0, 0.05) is 22.3 Å². The molecule has 0 amide bonds. The minimum Gasteiger partial charge on any atom is -0.369 e. The van der Waals surface area contributed by atoms with Crippen molar-refractivity contribution in [1.29, 1.82) is 0 Å². The quantitative estimate of drug-likeness (QED) is 0.591. The van der Waals surface area contributed by atoms with Crippen LogP contribution in [0.5, 0.6) is 0 Å². The molecule has 0 saturated heterocycles. The van der Waals surface area contributed by atoms with Crippen molar-refractivity contribution in [2.24, 2.45) is 5.73 Å². The van der Waals surface area contributed by atoms with Crippen molar-refractivity contribution >= 4 is 22.7 Å². The molecule has 0 spiro atoms. The molecular formula is C13H15N3. The monoisotopic (exact) mass is 213 g/mol. The number of nitrogens with two attached hydrogens (primary N) is 1. The van der Waals surface area contributed by atoms with Gasteiger partial charge in [-0.3, -0.25) is 0 Å². The van der Waals surface area contributed by atoms with Crippen molar-refractivity contribution in [3.05, 3.63) is 34.8 Å². The Labute approximate surface area is 93.7 Å². The normalized spacial score (nSPS) is 23.8. The first-order chi connectivity index (χ1) is 7.59. The summed E-state index contributed by atoms with van der Waals surface area (Å²) < 4.78 is 0. The second kappa shape index (κ2) is 2.89. The van der Waals surface area contributed by atoms with Gasteiger partial charge in [0.25, 0.3) is 0 Å². The number of benzene rings is 1. The smallest absolute Gasteiger partial charge is 0.107 e. The van der Waals surface area contributed by atoms with Crippen molar-refractivity contribution in [1.82, 2.24) is 10.3 Å². The molecule has 3 rings (SSSR count). The van der Waals surface area contributed by atoms with Crippen molar-refractivity contribution in [3.8, 4) is 0 Å². The number of nitrogens with one attached hydrogen (secondary N) is 2. The first-order valence-corrected chi connectivity index (χ1v) is 5.44. The molecule has 0 bridgehead atoms. The second-order valence-electron chi connectivity index (χ2n) is 4.58. The number of aromatic nitrogens is 1. The largest absolute Gasteiger partial charge is 0.369 e. The van der Waals surface area contributed by atoms with E-state index in [9.17, 15) is 0 Å². The highest BCUT2D eigenvalue weighted by Gasteiger charge is 2.23. The van der Waals surface area contributed by atoms with Crippen LogP contribution in [0.2, 0.25) is 0 Å². The van der Waals surface area contributed by atoms with E-state index in [0.717, 1.165) is 16.4 Å². The molecule has 3 heteroatoms. The summed E-state index contributed by atoms with van der Waals surface area (Å²) in [6.07, 6.45) is 2.00. The van der Waals surface area contributed by atoms with Crippen LogP contribution in [-0.4, -0.2) is 10.6 Å². The molecule has 1 atom stereocenters. The van der Waals surface area contributed by atoms with Gasteiger partial charge < -0.3 is 16.0 Å². The van der Waals surface area contributed by atoms with E-state index >= 15 is 0 Å². The molecule has 82 valence electrons. The van der Waals surface area contributed by atoms with Gasteiger partial charge >= 0.3 is 0 Å². The maximum atomic E-state index is 6.16. The lowest BCUT2D eigenvalue weighted by molar-refractivity contribution is 0.547. The molecular weight excluding hydrogens is 198 g/mol. The van der Waals surface area contributed by atoms with E-state index in [0.29, 0.717) is 0 Å². The zero-order valence-electron chi connectivity index (χ0n) is 9.46. The van der Waals surface area contributed by atoms with Gasteiger partial charge in [0.2, 0.25) is 0 Å². The van der Waals surface area contributed by atoms with Gasteiger partial charge in [-0.2, -0.15) is 0 Å². The molecule has 0 fully saturated rings. The number of rotatable bonds is 0. The van der Waals surface area contributed by atoms with Gasteiger partial charge in [-0.15, -0.1) is 0 Å². The Bertz CT molecular complexity index is 677. The number of fused-ring (bicyclic) bond motifs is 3. The lowest BCUT2D eigenvalue weighted by atomic mass is 10.0. The molecule has 3 nitrogen and oxygen atoms in total. The Morgan fingerprint density at radius 3 is 2.81 bits per heavy atom. The summed E-state index contributed by atoms with van der Waals surface area (Å²) in [6, 6.07) is 8.29. The standard InChI is InChI=1S/C13H15N3/c1-8-12-10(7-15-13(8,2)14)9-5-3-4-6-11(9)16-12/h3-7,15-16H,14H2,1-2H3. The highest BCUT2D eigenvalue weighted by atomic mass is 15.1. The molecule has 1 unspecified atom stereocenters. The molecule has 1 aromatic heterocycles. The molecule has 4 N–H and O–H groups in total. The van der Waals surface area contributed by atoms with E-state index in [1.165, 1.54) is 10.6 Å². The molecule has 2 heterocycles. The average Bonchev–Trinajstić information content (AvgIpc) is 2.63. The number of hydrogen-bond donors (Lipinski definition) is 3. The van der Waals surface area contributed by atoms with Gasteiger partial charge in [0.05, 0.1) is 5.35 Å². The molecule has 1 aromatic carbocycles. The van der Waals surface area contributed by atoms with Crippen molar-refractivity contribution < 1.29 is 0 Å². The first kappa shape index (κ1) is 9.48. The summed E-state index contributed by atoms with van der Waals surface area (Å²) in [5, 5.41) is 6.82. The summed E-state index contributed by atoms with van der Waals surface area (Å²) in [4.78, 5) is 3.43. The Morgan fingerprint density at radius 2 is 2.00 bits per heavy atom. The van der Waals surface area contributed by atoms with Crippen molar-refractivity contribution in [3.63, 3.8) is 0 Å². The van der Waals surface area contributed by atoms with Gasteiger partial charge in [-0.05, 0) is 25.5 Å². The minimum atomic E-state index is -0.464. The van der Waals surface area contributed by atoms with E-state index in [1.807, 2.05) is 19.2 Å². The summed E-state index contributed by atoms with van der Waals surface area (Å²) in [7, 11) is 0. The number of para-hydroxylation sites is 1. The molecule has 0 radical (unpaired) electrons. The highest BCUT2D eigenvalue weighted by Crippen LogP contribution is 2.12. The Balaban J connectivity index is 2.55. The van der Waals surface area contributed by atoms with Crippen molar-refractivity contribution in [2.45, 2.75) is 19.5 Å². The van der Waals surface area contributed by atoms with Crippen LogP contribution in [0.4, 0.5) is 0 Å². The zero-order valence-corrected chi connectivity index (χ0v) is 9.46. The number of aromatic amines is 1. The molecule has 1 aliphatic heterocycles. The third-order valence-electron chi connectivity index (χ3n) is 3.42. The predicted octanol–water partition coefficient (Wildman–Crippen LogP) is 0.355. The Hall–Kier alpha value is -1.74. The second-order valence-corrected chi connectivity index (χ2v) is 4.58. The first-order valence-electron chi connectivity index (χ1n) is 5.44. The molecule has 1 aliphatic rings. The van der Waals surface area contributed by atoms with Crippen LogP contribution < -0.4 is 21.6 Å². The van der Waals surface area contributed by atoms with Gasteiger partial charge in [-0.25, -0.2) is 0 Å². The fraction of sp³-hybridized carbons (Fsp3) is 0.231. The number of hydrogen-bond acceptors (Lipinski definition) is 2. The summed E-state index contributed by atoms with van der Waals surface area (Å²) in [5.74, 6) is 0. The van der Waals surface area contributed by atoms with Gasteiger partial charge in [0.1, 0.15) is 5.66 Å². The predicted molar refractivity (Wildman–Crippen MR) is 66.8 cm³/mol. The maximum Gasteiger partial charge on any atom is 0.107 e. The van der Waals surface area contributed by atoms with Crippen LogP contribution in [0, 0.1) is 0 Å². The fourth-order valence-electron chi connectivity index (χ4n) is 2.20. The van der Waals surface area contributed by atoms with E-state index in [1.54, 1.807) is 0 Å². The average molecular weight is 213 g/mol. The lowest BCUT2D eigenvalue weighted by Crippen LogP contribution is -2.55.